The van der Waals surface area contributed by atoms with Crippen LogP contribution in [0.3, 0.4) is 0 Å². The highest BCUT2D eigenvalue weighted by molar-refractivity contribution is 7.80. The van der Waals surface area contributed by atoms with Crippen LogP contribution in [0.15, 0.2) is 83.9 Å². The molecule has 0 unspecified atom stereocenters. The molecular weight excluding hydrogens is 350 g/mol. The molecule has 3 nitrogen and oxygen atoms in total. The second-order valence-electron chi connectivity index (χ2n) is 6.43. The van der Waals surface area contributed by atoms with Gasteiger partial charge >= 0.3 is 0 Å². The summed E-state index contributed by atoms with van der Waals surface area (Å²) in [7, 11) is 0. The van der Waals surface area contributed by atoms with Gasteiger partial charge in [-0.05, 0) is 55.9 Å². The first-order valence-corrected chi connectivity index (χ1v) is 9.31. The molecule has 27 heavy (non-hydrogen) atoms. The van der Waals surface area contributed by atoms with E-state index in [0.29, 0.717) is 11.7 Å². The van der Waals surface area contributed by atoms with Crippen molar-refractivity contribution in [3.05, 3.63) is 95.6 Å². The van der Waals surface area contributed by atoms with Crippen LogP contribution in [-0.2, 0) is 6.54 Å². The second kappa shape index (κ2) is 9.10. The van der Waals surface area contributed by atoms with E-state index in [1.807, 2.05) is 47.4 Å². The topological polar surface area (TPSA) is 27.6 Å². The predicted molar refractivity (Wildman–Crippen MR) is 119 cm³/mol. The molecule has 0 aliphatic rings. The third-order valence-electron chi connectivity index (χ3n) is 4.17. The third kappa shape index (κ3) is 5.50. The molecule has 0 bridgehead atoms. The minimum absolute atomic E-state index is 0.610. The summed E-state index contributed by atoms with van der Waals surface area (Å²) in [4.78, 5) is 6.50. The summed E-state index contributed by atoms with van der Waals surface area (Å²) in [5.74, 6) is 0. The number of aryl methyl sites for hydroxylation is 2. The summed E-state index contributed by atoms with van der Waals surface area (Å²) in [5, 5.41) is 3.93. The van der Waals surface area contributed by atoms with E-state index < -0.39 is 0 Å². The van der Waals surface area contributed by atoms with Crippen LogP contribution in [0.25, 0.3) is 0 Å². The average Bonchev–Trinajstić information content (AvgIpc) is 2.70. The van der Waals surface area contributed by atoms with E-state index in [1.54, 1.807) is 6.34 Å². The Morgan fingerprint density at radius 3 is 2.11 bits per heavy atom. The van der Waals surface area contributed by atoms with Crippen LogP contribution in [-0.4, -0.2) is 11.5 Å². The Hall–Kier alpha value is -2.98. The van der Waals surface area contributed by atoms with E-state index in [4.69, 9.17) is 12.2 Å². The number of rotatable bonds is 5. The quantitative estimate of drug-likeness (QED) is 0.361. The van der Waals surface area contributed by atoms with Crippen molar-refractivity contribution >= 4 is 35.0 Å². The van der Waals surface area contributed by atoms with E-state index in [9.17, 15) is 0 Å². The number of thiocarbonyl (C=S) groups is 1. The molecule has 0 aliphatic heterocycles. The van der Waals surface area contributed by atoms with Crippen molar-refractivity contribution in [2.75, 3.05) is 4.90 Å². The molecule has 0 fully saturated rings. The molecule has 3 aromatic carbocycles. The Labute approximate surface area is 166 Å². The Morgan fingerprint density at radius 1 is 0.889 bits per heavy atom. The highest BCUT2D eigenvalue weighted by Gasteiger charge is 2.10. The fraction of sp³-hybridized carbons (Fsp3) is 0.130. The minimum Gasteiger partial charge on any atom is -0.358 e. The van der Waals surface area contributed by atoms with Gasteiger partial charge in [0, 0.05) is 12.2 Å². The molecule has 0 aromatic heterocycles. The van der Waals surface area contributed by atoms with Crippen molar-refractivity contribution in [2.24, 2.45) is 4.99 Å². The summed E-state index contributed by atoms with van der Waals surface area (Å²) >= 11 is 5.65. The van der Waals surface area contributed by atoms with Crippen molar-refractivity contribution < 1.29 is 0 Å². The first-order valence-electron chi connectivity index (χ1n) is 8.90. The number of nitrogens with one attached hydrogen (secondary N) is 1. The average molecular weight is 374 g/mol. The van der Waals surface area contributed by atoms with Gasteiger partial charge in [-0.2, -0.15) is 0 Å². The molecule has 1 N–H and O–H groups in total. The summed E-state index contributed by atoms with van der Waals surface area (Å²) in [6.07, 6.45) is 1.77. The van der Waals surface area contributed by atoms with E-state index in [-0.39, 0.29) is 0 Å². The van der Waals surface area contributed by atoms with Gasteiger partial charge in [0.05, 0.1) is 5.69 Å². The molecule has 0 spiro atoms. The highest BCUT2D eigenvalue weighted by atomic mass is 32.1. The molecule has 3 aromatic rings. The molecule has 0 radical (unpaired) electrons. The van der Waals surface area contributed by atoms with Crippen LogP contribution in [0, 0.1) is 13.8 Å². The first-order chi connectivity index (χ1) is 13.1. The van der Waals surface area contributed by atoms with Crippen LogP contribution in [0.5, 0.6) is 0 Å². The molecule has 4 heteroatoms. The number of aliphatic imine (C=N–C) groups is 1. The summed E-state index contributed by atoms with van der Waals surface area (Å²) < 4.78 is 0. The molecule has 0 amide bonds. The van der Waals surface area contributed by atoms with Gasteiger partial charge in [-0.15, -0.1) is 0 Å². The molecule has 0 atom stereocenters. The number of benzene rings is 3. The maximum Gasteiger partial charge on any atom is 0.179 e. The van der Waals surface area contributed by atoms with Crippen molar-refractivity contribution in [2.45, 2.75) is 20.4 Å². The summed E-state index contributed by atoms with van der Waals surface area (Å²) in [6.45, 7) is 4.80. The third-order valence-corrected chi connectivity index (χ3v) is 4.51. The summed E-state index contributed by atoms with van der Waals surface area (Å²) in [5.41, 5.74) is 5.46. The van der Waals surface area contributed by atoms with Gasteiger partial charge in [0.15, 0.2) is 5.11 Å². The SMILES string of the molecule is Cc1ccc(N=CN(C(=S)NCc2ccccc2)c2ccc(C)cc2)cc1. The van der Waals surface area contributed by atoms with Crippen molar-refractivity contribution in [1.82, 2.24) is 5.32 Å². The van der Waals surface area contributed by atoms with Gasteiger partial charge < -0.3 is 5.32 Å². The molecule has 3 rings (SSSR count). The minimum atomic E-state index is 0.610. The Bertz CT molecular complexity index is 901. The van der Waals surface area contributed by atoms with E-state index in [1.165, 1.54) is 16.7 Å². The molecule has 0 heterocycles. The number of hydrogen-bond donors (Lipinski definition) is 1. The number of nitrogens with zero attached hydrogens (tertiary/aromatic N) is 2. The number of hydrogen-bond acceptors (Lipinski definition) is 2. The standard InChI is InChI=1S/C23H23N3S/c1-18-8-12-21(13-9-18)25-17-26(22-14-10-19(2)11-15-22)23(27)24-16-20-6-4-3-5-7-20/h3-15,17H,16H2,1-2H3,(H,24,27). The monoisotopic (exact) mass is 373 g/mol. The van der Waals surface area contributed by atoms with E-state index in [0.717, 1.165) is 11.4 Å². The van der Waals surface area contributed by atoms with E-state index in [2.05, 4.69) is 60.6 Å². The fourth-order valence-corrected chi connectivity index (χ4v) is 2.78. The molecular formula is C23H23N3S. The Kier molecular flexibility index (Phi) is 6.34. The zero-order valence-electron chi connectivity index (χ0n) is 15.6. The largest absolute Gasteiger partial charge is 0.358 e. The lowest BCUT2D eigenvalue weighted by atomic mass is 10.2. The van der Waals surface area contributed by atoms with Crippen LogP contribution in [0.4, 0.5) is 11.4 Å². The molecule has 0 saturated heterocycles. The first kappa shape index (κ1) is 18.8. The molecule has 136 valence electrons. The molecule has 0 saturated carbocycles. The van der Waals surface area contributed by atoms with Crippen molar-refractivity contribution in [3.63, 3.8) is 0 Å². The van der Waals surface area contributed by atoms with Crippen LogP contribution in [0.2, 0.25) is 0 Å². The lowest BCUT2D eigenvalue weighted by molar-refractivity contribution is 0.917. The Morgan fingerprint density at radius 2 is 1.48 bits per heavy atom. The van der Waals surface area contributed by atoms with Gasteiger partial charge in [-0.3, -0.25) is 4.90 Å². The predicted octanol–water partition coefficient (Wildman–Crippen LogP) is 5.54. The zero-order valence-corrected chi connectivity index (χ0v) is 16.4. The van der Waals surface area contributed by atoms with Crippen LogP contribution in [0.1, 0.15) is 16.7 Å². The van der Waals surface area contributed by atoms with Gasteiger partial charge in [0.1, 0.15) is 6.34 Å². The maximum absolute atomic E-state index is 5.65. The van der Waals surface area contributed by atoms with Crippen molar-refractivity contribution in [1.29, 1.82) is 0 Å². The lowest BCUT2D eigenvalue weighted by Crippen LogP contribution is -2.38. The fourth-order valence-electron chi connectivity index (χ4n) is 2.56. The lowest BCUT2D eigenvalue weighted by Gasteiger charge is -2.21. The van der Waals surface area contributed by atoms with Crippen LogP contribution < -0.4 is 10.2 Å². The molecule has 0 aliphatic carbocycles. The Balaban J connectivity index is 1.79. The summed E-state index contributed by atoms with van der Waals surface area (Å²) in [6, 6.07) is 26.5. The number of anilines is 1. The maximum atomic E-state index is 5.65. The zero-order chi connectivity index (χ0) is 19.1. The van der Waals surface area contributed by atoms with Gasteiger partial charge in [0.2, 0.25) is 0 Å². The van der Waals surface area contributed by atoms with Crippen molar-refractivity contribution in [3.8, 4) is 0 Å². The normalized spacial score (nSPS) is 10.7. The van der Waals surface area contributed by atoms with Crippen LogP contribution >= 0.6 is 12.2 Å². The highest BCUT2D eigenvalue weighted by Crippen LogP contribution is 2.17. The second-order valence-corrected chi connectivity index (χ2v) is 6.82. The van der Waals surface area contributed by atoms with Gasteiger partial charge in [-0.25, -0.2) is 4.99 Å². The van der Waals surface area contributed by atoms with Gasteiger partial charge in [-0.1, -0.05) is 65.7 Å². The van der Waals surface area contributed by atoms with Gasteiger partial charge in [0.25, 0.3) is 0 Å². The van der Waals surface area contributed by atoms with E-state index >= 15 is 0 Å². The smallest absolute Gasteiger partial charge is 0.179 e.